The third-order valence-electron chi connectivity index (χ3n) is 4.45. The van der Waals surface area contributed by atoms with Crippen LogP contribution >= 0.6 is 0 Å². The Labute approximate surface area is 153 Å². The largest absolute Gasteiger partial charge is 0.360 e. The zero-order valence-electron chi connectivity index (χ0n) is 15.2. The van der Waals surface area contributed by atoms with Gasteiger partial charge in [-0.25, -0.2) is 4.79 Å². The highest BCUT2D eigenvalue weighted by Crippen LogP contribution is 2.23. The molecule has 0 bridgehead atoms. The monoisotopic (exact) mass is 353 g/mol. The molecule has 0 atom stereocenters. The molecular weight excluding hydrogens is 330 g/mol. The summed E-state index contributed by atoms with van der Waals surface area (Å²) in [6.45, 7) is 4.75. The summed E-state index contributed by atoms with van der Waals surface area (Å²) in [5, 5.41) is 5.66. The fraction of sp³-hybridized carbons (Fsp3) is 0.300. The second-order valence-electron chi connectivity index (χ2n) is 6.80. The third kappa shape index (κ3) is 4.03. The highest BCUT2D eigenvalue weighted by atomic mass is 16.5. The Morgan fingerprint density at radius 2 is 1.58 bits per heavy atom. The van der Waals surface area contributed by atoms with Crippen LogP contribution in [0.5, 0.6) is 0 Å². The SMILES string of the molecule is COC(C)(C)NC(=O)c1ccc(NC(=O)N2Cc3ccccc3C2)cc1. The van der Waals surface area contributed by atoms with Crippen molar-refractivity contribution in [3.05, 3.63) is 65.2 Å². The van der Waals surface area contributed by atoms with Gasteiger partial charge in [0.1, 0.15) is 5.72 Å². The lowest BCUT2D eigenvalue weighted by Gasteiger charge is -2.24. The first-order valence-electron chi connectivity index (χ1n) is 8.48. The molecule has 0 aliphatic carbocycles. The van der Waals surface area contributed by atoms with Crippen molar-refractivity contribution in [2.24, 2.45) is 0 Å². The normalized spacial score (nSPS) is 13.3. The van der Waals surface area contributed by atoms with E-state index in [4.69, 9.17) is 4.74 Å². The molecule has 1 aliphatic rings. The smallest absolute Gasteiger partial charge is 0.322 e. The van der Waals surface area contributed by atoms with Crippen LogP contribution in [-0.4, -0.2) is 29.7 Å². The third-order valence-corrected chi connectivity index (χ3v) is 4.45. The van der Waals surface area contributed by atoms with E-state index in [2.05, 4.69) is 10.6 Å². The molecule has 0 spiro atoms. The lowest BCUT2D eigenvalue weighted by Crippen LogP contribution is -2.44. The Kier molecular flexibility index (Phi) is 4.95. The number of ether oxygens (including phenoxy) is 1. The molecule has 2 N–H and O–H groups in total. The maximum absolute atomic E-state index is 12.4. The van der Waals surface area contributed by atoms with Crippen LogP contribution in [0.4, 0.5) is 10.5 Å². The molecular formula is C20H23N3O3. The predicted molar refractivity (Wildman–Crippen MR) is 99.7 cm³/mol. The van der Waals surface area contributed by atoms with E-state index >= 15 is 0 Å². The molecule has 2 aromatic carbocycles. The molecule has 1 heterocycles. The van der Waals surface area contributed by atoms with E-state index in [0.717, 1.165) is 0 Å². The van der Waals surface area contributed by atoms with Gasteiger partial charge in [-0.05, 0) is 49.2 Å². The van der Waals surface area contributed by atoms with E-state index in [-0.39, 0.29) is 11.9 Å². The van der Waals surface area contributed by atoms with E-state index in [1.54, 1.807) is 43.0 Å². The topological polar surface area (TPSA) is 70.7 Å². The van der Waals surface area contributed by atoms with Gasteiger partial charge < -0.3 is 20.3 Å². The van der Waals surface area contributed by atoms with Crippen molar-refractivity contribution in [3.63, 3.8) is 0 Å². The predicted octanol–water partition coefficient (Wildman–Crippen LogP) is 3.35. The quantitative estimate of drug-likeness (QED) is 0.828. The number of fused-ring (bicyclic) bond motifs is 1. The number of carbonyl (C=O) groups excluding carboxylic acids is 2. The van der Waals surface area contributed by atoms with Gasteiger partial charge in [-0.2, -0.15) is 0 Å². The zero-order valence-corrected chi connectivity index (χ0v) is 15.2. The number of urea groups is 1. The van der Waals surface area contributed by atoms with E-state index in [9.17, 15) is 9.59 Å². The summed E-state index contributed by atoms with van der Waals surface area (Å²) < 4.78 is 5.20. The van der Waals surface area contributed by atoms with Crippen LogP contribution in [0, 0.1) is 0 Å². The number of benzene rings is 2. The Bertz CT molecular complexity index is 790. The number of nitrogens with one attached hydrogen (secondary N) is 2. The molecule has 136 valence electrons. The van der Waals surface area contributed by atoms with E-state index < -0.39 is 5.72 Å². The first-order chi connectivity index (χ1) is 12.4. The molecule has 0 saturated carbocycles. The van der Waals surface area contributed by atoms with Gasteiger partial charge >= 0.3 is 6.03 Å². The molecule has 6 nitrogen and oxygen atoms in total. The molecule has 2 aromatic rings. The minimum Gasteiger partial charge on any atom is -0.360 e. The van der Waals surface area contributed by atoms with Crippen molar-refractivity contribution in [1.29, 1.82) is 0 Å². The average molecular weight is 353 g/mol. The molecule has 0 fully saturated rings. The maximum atomic E-state index is 12.4. The summed E-state index contributed by atoms with van der Waals surface area (Å²) in [5.41, 5.74) is 2.76. The summed E-state index contributed by atoms with van der Waals surface area (Å²) in [6, 6.07) is 14.7. The summed E-state index contributed by atoms with van der Waals surface area (Å²) in [6.07, 6.45) is 0. The van der Waals surface area contributed by atoms with Crippen LogP contribution in [0.1, 0.15) is 35.3 Å². The van der Waals surface area contributed by atoms with Crippen LogP contribution in [0.2, 0.25) is 0 Å². The molecule has 3 rings (SSSR count). The maximum Gasteiger partial charge on any atom is 0.322 e. The van der Waals surface area contributed by atoms with Crippen molar-refractivity contribution in [2.45, 2.75) is 32.7 Å². The van der Waals surface area contributed by atoms with Crippen LogP contribution in [0.15, 0.2) is 48.5 Å². The van der Waals surface area contributed by atoms with Gasteiger partial charge in [0, 0.05) is 31.5 Å². The molecule has 1 aliphatic heterocycles. The zero-order chi connectivity index (χ0) is 18.7. The van der Waals surface area contributed by atoms with E-state index in [1.807, 2.05) is 24.3 Å². The number of hydrogen-bond donors (Lipinski definition) is 2. The van der Waals surface area contributed by atoms with Gasteiger partial charge in [-0.1, -0.05) is 24.3 Å². The highest BCUT2D eigenvalue weighted by molar-refractivity contribution is 5.95. The van der Waals surface area contributed by atoms with Crippen LogP contribution in [0.25, 0.3) is 0 Å². The minimum atomic E-state index is -0.741. The lowest BCUT2D eigenvalue weighted by atomic mass is 10.1. The van der Waals surface area contributed by atoms with Crippen molar-refractivity contribution in [1.82, 2.24) is 10.2 Å². The highest BCUT2D eigenvalue weighted by Gasteiger charge is 2.23. The van der Waals surface area contributed by atoms with E-state index in [1.165, 1.54) is 18.2 Å². The Balaban J connectivity index is 1.60. The number of methoxy groups -OCH3 is 1. The standard InChI is InChI=1S/C20H23N3O3/c1-20(2,26-3)22-18(24)14-8-10-17(11-9-14)21-19(25)23-12-15-6-4-5-7-16(15)13-23/h4-11H,12-13H2,1-3H3,(H,21,25)(H,22,24). The Hall–Kier alpha value is -2.86. The molecule has 0 unspecified atom stereocenters. The van der Waals surface area contributed by atoms with Crippen LogP contribution in [0.3, 0.4) is 0 Å². The molecule has 0 aromatic heterocycles. The first kappa shape index (κ1) is 17.9. The Morgan fingerprint density at radius 3 is 2.12 bits per heavy atom. The number of nitrogens with zero attached hydrogens (tertiary/aromatic N) is 1. The number of carbonyl (C=O) groups is 2. The lowest BCUT2D eigenvalue weighted by molar-refractivity contribution is -0.00347. The summed E-state index contributed by atoms with van der Waals surface area (Å²) >= 11 is 0. The second-order valence-corrected chi connectivity index (χ2v) is 6.80. The molecule has 6 heteroatoms. The minimum absolute atomic E-state index is 0.154. The fourth-order valence-electron chi connectivity index (χ4n) is 2.78. The van der Waals surface area contributed by atoms with Crippen molar-refractivity contribution in [2.75, 3.05) is 12.4 Å². The first-order valence-corrected chi connectivity index (χ1v) is 8.48. The van der Waals surface area contributed by atoms with Gasteiger partial charge in [0.05, 0.1) is 0 Å². The fourth-order valence-corrected chi connectivity index (χ4v) is 2.78. The van der Waals surface area contributed by atoms with Gasteiger partial charge in [-0.15, -0.1) is 0 Å². The van der Waals surface area contributed by atoms with Gasteiger partial charge in [0.15, 0.2) is 0 Å². The number of rotatable bonds is 4. The number of hydrogen-bond acceptors (Lipinski definition) is 3. The summed E-state index contributed by atoms with van der Waals surface area (Å²) in [4.78, 5) is 26.4. The van der Waals surface area contributed by atoms with Crippen molar-refractivity contribution >= 4 is 17.6 Å². The van der Waals surface area contributed by atoms with Crippen molar-refractivity contribution in [3.8, 4) is 0 Å². The number of amides is 3. The van der Waals surface area contributed by atoms with E-state index in [0.29, 0.717) is 24.3 Å². The van der Waals surface area contributed by atoms with Gasteiger partial charge in [-0.3, -0.25) is 4.79 Å². The number of anilines is 1. The molecule has 26 heavy (non-hydrogen) atoms. The second kappa shape index (κ2) is 7.17. The molecule has 3 amide bonds. The molecule has 0 radical (unpaired) electrons. The summed E-state index contributed by atoms with van der Waals surface area (Å²) in [5.74, 6) is -0.232. The van der Waals surface area contributed by atoms with Gasteiger partial charge in [0.25, 0.3) is 5.91 Å². The average Bonchev–Trinajstić information content (AvgIpc) is 3.06. The van der Waals surface area contributed by atoms with Crippen molar-refractivity contribution < 1.29 is 14.3 Å². The Morgan fingerprint density at radius 1 is 1.00 bits per heavy atom. The van der Waals surface area contributed by atoms with Gasteiger partial charge in [0.2, 0.25) is 0 Å². The summed E-state index contributed by atoms with van der Waals surface area (Å²) in [7, 11) is 1.54. The van der Waals surface area contributed by atoms with Crippen LogP contribution in [-0.2, 0) is 17.8 Å². The molecule has 0 saturated heterocycles. The van der Waals surface area contributed by atoms with Crippen LogP contribution < -0.4 is 10.6 Å².